The maximum Gasteiger partial charge on any atom is 0.255 e. The monoisotopic (exact) mass is 311 g/mol. The molecule has 0 heterocycles. The van der Waals surface area contributed by atoms with Crippen LogP contribution in [0, 0.1) is 0 Å². The third kappa shape index (κ3) is 3.92. The van der Waals surface area contributed by atoms with Gasteiger partial charge in [0.25, 0.3) is 5.91 Å². The van der Waals surface area contributed by atoms with Gasteiger partial charge in [-0.1, -0.05) is 49.6 Å². The van der Waals surface area contributed by atoms with Gasteiger partial charge in [0, 0.05) is 15.7 Å². The van der Waals surface area contributed by atoms with Gasteiger partial charge in [-0.25, -0.2) is 0 Å². The number of para-hydroxylation sites is 1. The van der Waals surface area contributed by atoms with Crippen LogP contribution in [0.2, 0.25) is 0 Å². The summed E-state index contributed by atoms with van der Waals surface area (Å²) in [6.45, 7) is 0. The average molecular weight is 311 g/mol. The van der Waals surface area contributed by atoms with Crippen molar-refractivity contribution in [2.75, 3.05) is 5.32 Å². The number of nitrogens with one attached hydrogen (secondary N) is 1. The van der Waals surface area contributed by atoms with Gasteiger partial charge >= 0.3 is 0 Å². The summed E-state index contributed by atoms with van der Waals surface area (Å²) in [6, 6.07) is 17.5. The van der Waals surface area contributed by atoms with E-state index in [0.717, 1.165) is 5.69 Å². The van der Waals surface area contributed by atoms with E-state index in [2.05, 4.69) is 11.4 Å². The summed E-state index contributed by atoms with van der Waals surface area (Å²) in [5, 5.41) is 3.74. The molecule has 1 saturated carbocycles. The Balaban J connectivity index is 1.72. The van der Waals surface area contributed by atoms with Crippen molar-refractivity contribution in [1.82, 2.24) is 0 Å². The minimum atomic E-state index is -0.0442. The number of benzene rings is 2. The third-order valence-corrected chi connectivity index (χ3v) is 5.43. The predicted molar refractivity (Wildman–Crippen MR) is 93.6 cm³/mol. The van der Waals surface area contributed by atoms with E-state index in [1.807, 2.05) is 60.3 Å². The molecule has 22 heavy (non-hydrogen) atoms. The van der Waals surface area contributed by atoms with Crippen LogP contribution in [0.15, 0.2) is 59.5 Å². The molecule has 0 unspecified atom stereocenters. The number of hydrogen-bond donors (Lipinski definition) is 1. The highest BCUT2D eigenvalue weighted by Gasteiger charge is 2.17. The molecule has 1 aliphatic rings. The summed E-state index contributed by atoms with van der Waals surface area (Å²) >= 11 is 1.91. The maximum atomic E-state index is 12.3. The lowest BCUT2D eigenvalue weighted by molar-refractivity contribution is 0.102. The molecule has 0 aliphatic heterocycles. The highest BCUT2D eigenvalue weighted by atomic mass is 32.2. The van der Waals surface area contributed by atoms with E-state index in [1.165, 1.54) is 37.0 Å². The lowest BCUT2D eigenvalue weighted by Crippen LogP contribution is -2.13. The summed E-state index contributed by atoms with van der Waals surface area (Å²) in [6.07, 6.45) is 6.59. The van der Waals surface area contributed by atoms with E-state index in [-0.39, 0.29) is 5.91 Å². The smallest absolute Gasteiger partial charge is 0.255 e. The minimum Gasteiger partial charge on any atom is -0.321 e. The molecule has 0 bridgehead atoms. The van der Waals surface area contributed by atoms with Gasteiger partial charge in [-0.2, -0.15) is 0 Å². The van der Waals surface area contributed by atoms with Crippen molar-refractivity contribution in [2.24, 2.45) is 0 Å². The van der Waals surface area contributed by atoms with Gasteiger partial charge < -0.3 is 5.32 Å². The SMILES string of the molecule is O=C(Nc1ccccc1SC1CCCCC1)c1ccccc1. The number of thioether (sulfide) groups is 1. The number of carbonyl (C=O) groups excluding carboxylic acids is 1. The van der Waals surface area contributed by atoms with E-state index in [1.54, 1.807) is 0 Å². The second-order valence-corrected chi connectivity index (χ2v) is 7.04. The molecular formula is C19H21NOS. The Morgan fingerprint density at radius 1 is 0.909 bits per heavy atom. The van der Waals surface area contributed by atoms with Crippen LogP contribution in [0.3, 0.4) is 0 Å². The number of rotatable bonds is 4. The Morgan fingerprint density at radius 2 is 1.59 bits per heavy atom. The van der Waals surface area contributed by atoms with Crippen molar-refractivity contribution >= 4 is 23.4 Å². The van der Waals surface area contributed by atoms with Crippen LogP contribution in [-0.2, 0) is 0 Å². The van der Waals surface area contributed by atoms with E-state index >= 15 is 0 Å². The lowest BCUT2D eigenvalue weighted by atomic mass is 10.0. The highest BCUT2D eigenvalue weighted by molar-refractivity contribution is 8.00. The molecule has 2 nitrogen and oxygen atoms in total. The van der Waals surface area contributed by atoms with Gasteiger partial charge in [-0.05, 0) is 37.1 Å². The molecule has 1 aliphatic carbocycles. The first-order valence-corrected chi connectivity index (χ1v) is 8.83. The molecule has 2 aromatic carbocycles. The maximum absolute atomic E-state index is 12.3. The fraction of sp³-hybridized carbons (Fsp3) is 0.316. The van der Waals surface area contributed by atoms with Crippen molar-refractivity contribution < 1.29 is 4.79 Å². The van der Waals surface area contributed by atoms with Gasteiger partial charge in [0.15, 0.2) is 0 Å². The van der Waals surface area contributed by atoms with E-state index in [0.29, 0.717) is 10.8 Å². The van der Waals surface area contributed by atoms with Crippen molar-refractivity contribution in [2.45, 2.75) is 42.2 Å². The predicted octanol–water partition coefficient (Wildman–Crippen LogP) is 5.36. The van der Waals surface area contributed by atoms with Crippen LogP contribution < -0.4 is 5.32 Å². The average Bonchev–Trinajstić information content (AvgIpc) is 2.58. The number of amides is 1. The molecule has 114 valence electrons. The first kappa shape index (κ1) is 15.2. The quantitative estimate of drug-likeness (QED) is 0.823. The molecule has 1 N–H and O–H groups in total. The Morgan fingerprint density at radius 3 is 2.36 bits per heavy atom. The minimum absolute atomic E-state index is 0.0442. The number of hydrogen-bond acceptors (Lipinski definition) is 2. The normalized spacial score (nSPS) is 15.5. The van der Waals surface area contributed by atoms with Gasteiger partial charge in [0.2, 0.25) is 0 Å². The largest absolute Gasteiger partial charge is 0.321 e. The molecule has 0 atom stereocenters. The Kier molecular flexibility index (Phi) is 5.17. The van der Waals surface area contributed by atoms with Crippen LogP contribution in [0.4, 0.5) is 5.69 Å². The van der Waals surface area contributed by atoms with Crippen LogP contribution in [0.1, 0.15) is 42.5 Å². The van der Waals surface area contributed by atoms with Crippen molar-refractivity contribution in [3.63, 3.8) is 0 Å². The molecule has 3 rings (SSSR count). The van der Waals surface area contributed by atoms with Crippen molar-refractivity contribution in [3.8, 4) is 0 Å². The van der Waals surface area contributed by atoms with Crippen LogP contribution in [0.5, 0.6) is 0 Å². The van der Waals surface area contributed by atoms with Gasteiger partial charge in [0.1, 0.15) is 0 Å². The molecule has 0 aromatic heterocycles. The molecule has 0 spiro atoms. The second-order valence-electron chi connectivity index (χ2n) is 5.69. The fourth-order valence-corrected chi connectivity index (χ4v) is 4.15. The Labute approximate surface area is 136 Å². The number of anilines is 1. The summed E-state index contributed by atoms with van der Waals surface area (Å²) < 4.78 is 0. The highest BCUT2D eigenvalue weighted by Crippen LogP contribution is 2.37. The third-order valence-electron chi connectivity index (χ3n) is 4.02. The van der Waals surface area contributed by atoms with Crippen molar-refractivity contribution in [3.05, 3.63) is 60.2 Å². The van der Waals surface area contributed by atoms with Gasteiger partial charge in [0.05, 0.1) is 5.69 Å². The molecule has 2 aromatic rings. The molecular weight excluding hydrogens is 290 g/mol. The summed E-state index contributed by atoms with van der Waals surface area (Å²) in [5.74, 6) is -0.0442. The standard InChI is InChI=1S/C19H21NOS/c21-19(15-9-3-1-4-10-15)20-17-13-7-8-14-18(17)22-16-11-5-2-6-12-16/h1,3-4,7-10,13-14,16H,2,5-6,11-12H2,(H,20,21). The zero-order valence-corrected chi connectivity index (χ0v) is 13.4. The molecule has 0 saturated heterocycles. The van der Waals surface area contributed by atoms with Gasteiger partial charge in [-0.3, -0.25) is 4.79 Å². The van der Waals surface area contributed by atoms with Crippen LogP contribution in [-0.4, -0.2) is 11.2 Å². The molecule has 0 radical (unpaired) electrons. The first-order valence-electron chi connectivity index (χ1n) is 7.95. The molecule has 1 amide bonds. The van der Waals surface area contributed by atoms with E-state index in [4.69, 9.17) is 0 Å². The summed E-state index contributed by atoms with van der Waals surface area (Å²) in [7, 11) is 0. The van der Waals surface area contributed by atoms with E-state index < -0.39 is 0 Å². The summed E-state index contributed by atoms with van der Waals surface area (Å²) in [4.78, 5) is 13.5. The van der Waals surface area contributed by atoms with E-state index in [9.17, 15) is 4.79 Å². The number of carbonyl (C=O) groups is 1. The van der Waals surface area contributed by atoms with Gasteiger partial charge in [-0.15, -0.1) is 11.8 Å². The Hall–Kier alpha value is -1.74. The zero-order chi connectivity index (χ0) is 15.2. The fourth-order valence-electron chi connectivity index (χ4n) is 2.82. The Bertz CT molecular complexity index is 620. The van der Waals surface area contributed by atoms with Crippen LogP contribution in [0.25, 0.3) is 0 Å². The lowest BCUT2D eigenvalue weighted by Gasteiger charge is -2.22. The zero-order valence-electron chi connectivity index (χ0n) is 12.6. The molecule has 1 fully saturated rings. The first-order chi connectivity index (χ1) is 10.8. The second kappa shape index (κ2) is 7.50. The van der Waals surface area contributed by atoms with Crippen LogP contribution >= 0.6 is 11.8 Å². The summed E-state index contributed by atoms with van der Waals surface area (Å²) in [5.41, 5.74) is 1.62. The topological polar surface area (TPSA) is 29.1 Å². The molecule has 3 heteroatoms. The van der Waals surface area contributed by atoms with Crippen molar-refractivity contribution in [1.29, 1.82) is 0 Å².